The number of hydrogen-bond acceptors (Lipinski definition) is 6. The van der Waals surface area contributed by atoms with Gasteiger partial charge in [-0.3, -0.25) is 18.7 Å². The Labute approximate surface area is 220 Å². The van der Waals surface area contributed by atoms with Crippen molar-refractivity contribution >= 4 is 56.6 Å². The number of anilines is 1. The van der Waals surface area contributed by atoms with Crippen molar-refractivity contribution in [3.05, 3.63) is 60.7 Å². The highest BCUT2D eigenvalue weighted by Crippen LogP contribution is 2.41. The Balaban J connectivity index is 1.52. The molecule has 0 unspecified atom stereocenters. The lowest BCUT2D eigenvalue weighted by Gasteiger charge is -2.13. The molecule has 0 fully saturated rings. The van der Waals surface area contributed by atoms with Gasteiger partial charge in [0.2, 0.25) is 5.91 Å². The molecule has 0 aliphatic carbocycles. The summed E-state index contributed by atoms with van der Waals surface area (Å²) in [5.74, 6) is -0.577. The molecule has 1 aromatic carbocycles. The average Bonchev–Trinajstić information content (AvgIpc) is 3.45. The van der Waals surface area contributed by atoms with E-state index in [0.29, 0.717) is 16.8 Å². The Morgan fingerprint density at radius 3 is 2.59 bits per heavy atom. The third kappa shape index (κ3) is 5.53. The molecule has 9 nitrogen and oxygen atoms in total. The zero-order chi connectivity index (χ0) is 27.1. The molecule has 1 amide bonds. The Morgan fingerprint density at radius 1 is 1.16 bits per heavy atom. The number of rotatable bonds is 7. The van der Waals surface area contributed by atoms with Crippen LogP contribution in [0.2, 0.25) is 10.0 Å². The number of carbonyl (C=O) groups excluding carboxylic acids is 1. The van der Waals surface area contributed by atoms with Crippen LogP contribution in [-0.4, -0.2) is 37.4 Å². The summed E-state index contributed by atoms with van der Waals surface area (Å²) in [5, 5.41) is 4.49. The fourth-order valence-electron chi connectivity index (χ4n) is 3.57. The van der Waals surface area contributed by atoms with Gasteiger partial charge in [0.1, 0.15) is 12.1 Å². The number of aryl methyl sites for hydroxylation is 1. The summed E-state index contributed by atoms with van der Waals surface area (Å²) in [6.07, 6.45) is -4.03. The lowest BCUT2D eigenvalue weighted by atomic mass is 10.1. The first-order chi connectivity index (χ1) is 17.4. The van der Waals surface area contributed by atoms with Crippen LogP contribution in [0.1, 0.15) is 6.42 Å². The second-order valence-electron chi connectivity index (χ2n) is 7.92. The van der Waals surface area contributed by atoms with Gasteiger partial charge in [0.05, 0.1) is 34.3 Å². The Kier molecular flexibility index (Phi) is 7.40. The van der Waals surface area contributed by atoms with Crippen LogP contribution in [0, 0.1) is 0 Å². The van der Waals surface area contributed by atoms with E-state index in [1.165, 1.54) is 41.6 Å². The minimum absolute atomic E-state index is 0.0156. The van der Waals surface area contributed by atoms with E-state index in [4.69, 9.17) is 27.9 Å². The van der Waals surface area contributed by atoms with Crippen molar-refractivity contribution in [1.29, 1.82) is 0 Å². The average molecular weight is 576 g/mol. The fourth-order valence-corrected chi connectivity index (χ4v) is 4.87. The summed E-state index contributed by atoms with van der Waals surface area (Å²) in [7, 11) is 2.88. The molecule has 0 spiro atoms. The predicted molar refractivity (Wildman–Crippen MR) is 135 cm³/mol. The molecule has 0 saturated carbocycles. The lowest BCUT2D eigenvalue weighted by molar-refractivity contribution is -0.139. The number of fused-ring (bicyclic) bond motifs is 1. The van der Waals surface area contributed by atoms with Crippen LogP contribution in [0.25, 0.3) is 22.3 Å². The zero-order valence-electron chi connectivity index (χ0n) is 19.2. The highest BCUT2D eigenvalue weighted by Gasteiger charge is 2.27. The summed E-state index contributed by atoms with van der Waals surface area (Å²) in [4.78, 5) is 41.7. The highest BCUT2D eigenvalue weighted by atomic mass is 35.5. The van der Waals surface area contributed by atoms with E-state index in [1.54, 1.807) is 11.4 Å². The minimum Gasteiger partial charge on any atom is -0.490 e. The van der Waals surface area contributed by atoms with E-state index in [1.807, 2.05) is 0 Å². The van der Waals surface area contributed by atoms with Crippen molar-refractivity contribution in [2.45, 2.75) is 19.1 Å². The first-order valence-electron chi connectivity index (χ1n) is 10.6. The van der Waals surface area contributed by atoms with Crippen LogP contribution in [0.3, 0.4) is 0 Å². The number of benzene rings is 1. The third-order valence-electron chi connectivity index (χ3n) is 5.41. The molecular weight excluding hydrogens is 558 g/mol. The number of carbonyl (C=O) groups is 1. The van der Waals surface area contributed by atoms with Gasteiger partial charge in [0, 0.05) is 31.2 Å². The smallest absolute Gasteiger partial charge is 0.392 e. The monoisotopic (exact) mass is 575 g/mol. The third-order valence-corrected chi connectivity index (χ3v) is 6.84. The maximum absolute atomic E-state index is 12.7. The molecule has 3 heterocycles. The van der Waals surface area contributed by atoms with Crippen LogP contribution in [-0.2, 0) is 25.4 Å². The van der Waals surface area contributed by atoms with Gasteiger partial charge >= 0.3 is 11.9 Å². The number of amides is 1. The summed E-state index contributed by atoms with van der Waals surface area (Å²) in [5.41, 5.74) is 0.278. The maximum Gasteiger partial charge on any atom is 0.392 e. The normalized spacial score (nSPS) is 11.8. The molecule has 3 aromatic heterocycles. The minimum atomic E-state index is -4.39. The highest BCUT2D eigenvalue weighted by molar-refractivity contribution is 7.14. The maximum atomic E-state index is 12.7. The quantitative estimate of drug-likeness (QED) is 0.351. The van der Waals surface area contributed by atoms with Crippen molar-refractivity contribution < 1.29 is 22.7 Å². The molecule has 1 N–H and O–H groups in total. The SMILES string of the molecule is Cn1c(=O)c2c(ccn2CC(=O)Nc2nc(-c3ccc(Cl)c(OCCC(F)(F)F)c3Cl)cs2)n(C)c1=O. The Hall–Kier alpha value is -3.29. The Morgan fingerprint density at radius 2 is 1.89 bits per heavy atom. The molecule has 37 heavy (non-hydrogen) atoms. The van der Waals surface area contributed by atoms with Crippen molar-refractivity contribution in [2.24, 2.45) is 14.1 Å². The van der Waals surface area contributed by atoms with Gasteiger partial charge in [-0.2, -0.15) is 13.2 Å². The van der Waals surface area contributed by atoms with E-state index >= 15 is 0 Å². The van der Waals surface area contributed by atoms with E-state index in [0.717, 1.165) is 15.9 Å². The van der Waals surface area contributed by atoms with Crippen LogP contribution in [0.15, 0.2) is 39.4 Å². The molecule has 4 aromatic rings. The van der Waals surface area contributed by atoms with Crippen LogP contribution < -0.4 is 21.3 Å². The Bertz CT molecular complexity index is 1620. The van der Waals surface area contributed by atoms with Gasteiger partial charge in [-0.25, -0.2) is 9.78 Å². The van der Waals surface area contributed by atoms with Gasteiger partial charge in [0.15, 0.2) is 10.9 Å². The first-order valence-corrected chi connectivity index (χ1v) is 12.2. The first kappa shape index (κ1) is 26.8. The van der Waals surface area contributed by atoms with Crippen LogP contribution in [0.4, 0.5) is 18.3 Å². The van der Waals surface area contributed by atoms with Crippen LogP contribution in [0.5, 0.6) is 5.75 Å². The van der Waals surface area contributed by atoms with Crippen molar-refractivity contribution in [3.63, 3.8) is 0 Å². The molecule has 0 atom stereocenters. The number of nitrogens with zero attached hydrogens (tertiary/aromatic N) is 4. The molecule has 0 bridgehead atoms. The fraction of sp³-hybridized carbons (Fsp3) is 0.273. The number of hydrogen-bond donors (Lipinski definition) is 1. The number of alkyl halides is 3. The molecule has 0 radical (unpaired) electrons. The number of ether oxygens (including phenoxy) is 1. The number of nitrogens with one attached hydrogen (secondary N) is 1. The van der Waals surface area contributed by atoms with Crippen molar-refractivity contribution in [3.8, 4) is 17.0 Å². The number of thiazole rings is 1. The number of halogens is 5. The summed E-state index contributed by atoms with van der Waals surface area (Å²) in [6, 6.07) is 4.53. The summed E-state index contributed by atoms with van der Waals surface area (Å²) < 4.78 is 46.3. The second-order valence-corrected chi connectivity index (χ2v) is 9.56. The topological polar surface area (TPSA) is 100 Å². The molecule has 196 valence electrons. The summed E-state index contributed by atoms with van der Waals surface area (Å²) >= 11 is 13.5. The second kappa shape index (κ2) is 10.2. The summed E-state index contributed by atoms with van der Waals surface area (Å²) in [6.45, 7) is -0.874. The number of aromatic nitrogens is 4. The zero-order valence-corrected chi connectivity index (χ0v) is 21.6. The predicted octanol–water partition coefficient (Wildman–Crippen LogP) is 4.44. The van der Waals surface area contributed by atoms with Gasteiger partial charge in [-0.1, -0.05) is 23.2 Å². The van der Waals surface area contributed by atoms with E-state index in [-0.39, 0.29) is 33.0 Å². The van der Waals surface area contributed by atoms with Gasteiger partial charge in [-0.15, -0.1) is 11.3 Å². The van der Waals surface area contributed by atoms with Gasteiger partial charge in [-0.05, 0) is 18.2 Å². The molecule has 0 saturated heterocycles. The standard InChI is InChI=1S/C22H18Cl2F3N5O4S/c1-30-14-5-7-32(17(14)19(34)31(2)21(30)35)9-15(33)29-20-28-13(10-37-20)11-3-4-12(23)18(16(11)24)36-8-6-22(25,26)27/h3-5,7,10H,6,8-9H2,1-2H3,(H,28,29,33). The molecule has 4 rings (SSSR count). The molecule has 0 aliphatic heterocycles. The van der Waals surface area contributed by atoms with Crippen molar-refractivity contribution in [2.75, 3.05) is 11.9 Å². The van der Waals surface area contributed by atoms with E-state index in [2.05, 4.69) is 10.3 Å². The molecule has 0 aliphatic rings. The van der Waals surface area contributed by atoms with Crippen LogP contribution >= 0.6 is 34.5 Å². The van der Waals surface area contributed by atoms with Gasteiger partial charge < -0.3 is 14.6 Å². The largest absolute Gasteiger partial charge is 0.490 e. The molecule has 15 heteroatoms. The van der Waals surface area contributed by atoms with E-state index < -0.39 is 36.4 Å². The van der Waals surface area contributed by atoms with Gasteiger partial charge in [0.25, 0.3) is 5.56 Å². The van der Waals surface area contributed by atoms with Crippen molar-refractivity contribution in [1.82, 2.24) is 18.7 Å². The lowest BCUT2D eigenvalue weighted by Crippen LogP contribution is -2.37. The molecular formula is C22H18Cl2F3N5O4S. The van der Waals surface area contributed by atoms with E-state index in [9.17, 15) is 27.6 Å².